The Balaban J connectivity index is 2.27. The monoisotopic (exact) mass is 374 g/mol. The van der Waals surface area contributed by atoms with Crippen LogP contribution in [0.3, 0.4) is 0 Å². The Kier molecular flexibility index (Phi) is 6.58. The predicted octanol–water partition coefficient (Wildman–Crippen LogP) is -2.70. The molecule has 2 rings (SSSR count). The summed E-state index contributed by atoms with van der Waals surface area (Å²) in [5.74, 6) is -3.75. The number of rotatable bonds is 4. The standard InChI is InChI=1S/C12H16B2O12/c1-19-9(15)5-6(10(16)20-2)24-14-13(23-5)25-7(11(17)21-3)8(26-14)12(18)22-4/h5-8H,1-4H3/t5-,6-,7-,8-/m1/s1. The van der Waals surface area contributed by atoms with E-state index >= 15 is 0 Å². The van der Waals surface area contributed by atoms with E-state index in [1.165, 1.54) is 0 Å². The van der Waals surface area contributed by atoms with E-state index in [0.29, 0.717) is 0 Å². The van der Waals surface area contributed by atoms with Crippen LogP contribution in [0.1, 0.15) is 0 Å². The molecule has 14 heteroatoms. The fourth-order valence-corrected chi connectivity index (χ4v) is 2.37. The van der Waals surface area contributed by atoms with Gasteiger partial charge in [0.1, 0.15) is 0 Å². The molecule has 2 aliphatic rings. The summed E-state index contributed by atoms with van der Waals surface area (Å²) in [5.41, 5.74) is 0. The molecule has 0 saturated carbocycles. The van der Waals surface area contributed by atoms with E-state index < -0.39 is 62.3 Å². The normalized spacial score (nSPS) is 27.8. The molecule has 0 aromatic heterocycles. The average Bonchev–Trinajstić information content (AvgIpc) is 2.69. The number of carbonyl (C=O) groups excluding carboxylic acids is 4. The third-order valence-electron chi connectivity index (χ3n) is 3.63. The van der Waals surface area contributed by atoms with Crippen molar-refractivity contribution in [2.45, 2.75) is 24.4 Å². The largest absolute Gasteiger partial charge is 0.489 e. The van der Waals surface area contributed by atoms with Crippen molar-refractivity contribution in [3.8, 4) is 0 Å². The molecule has 0 unspecified atom stereocenters. The summed E-state index contributed by atoms with van der Waals surface area (Å²) in [7, 11) is 1.46. The van der Waals surface area contributed by atoms with Crippen molar-refractivity contribution in [1.82, 2.24) is 0 Å². The van der Waals surface area contributed by atoms with E-state index in [4.69, 9.17) is 18.6 Å². The van der Waals surface area contributed by atoms with Crippen LogP contribution in [0.2, 0.25) is 0 Å². The Labute approximate surface area is 148 Å². The lowest BCUT2D eigenvalue weighted by atomic mass is 9.46. The van der Waals surface area contributed by atoms with E-state index in [1.807, 2.05) is 0 Å². The van der Waals surface area contributed by atoms with Crippen LogP contribution in [0, 0.1) is 0 Å². The molecule has 0 aromatic carbocycles. The molecule has 0 N–H and O–H groups in total. The summed E-state index contributed by atoms with van der Waals surface area (Å²) in [6.07, 6.45) is -6.15. The Morgan fingerprint density at radius 1 is 0.538 bits per heavy atom. The highest BCUT2D eigenvalue weighted by molar-refractivity contribution is 7.11. The van der Waals surface area contributed by atoms with Gasteiger partial charge < -0.3 is 37.6 Å². The summed E-state index contributed by atoms with van der Waals surface area (Å²) in [4.78, 5) is 47.5. The van der Waals surface area contributed by atoms with Gasteiger partial charge in [0.05, 0.1) is 28.4 Å². The topological polar surface area (TPSA) is 142 Å². The van der Waals surface area contributed by atoms with E-state index in [0.717, 1.165) is 28.4 Å². The first-order valence-corrected chi connectivity index (χ1v) is 7.31. The van der Waals surface area contributed by atoms with E-state index in [2.05, 4.69) is 18.9 Å². The molecule has 2 heterocycles. The highest BCUT2D eigenvalue weighted by atomic mass is 16.7. The zero-order chi connectivity index (χ0) is 19.4. The maximum absolute atomic E-state index is 11.9. The van der Waals surface area contributed by atoms with Gasteiger partial charge in [0, 0.05) is 0 Å². The number of hydrogen-bond donors (Lipinski definition) is 0. The Bertz CT molecular complexity index is 485. The highest BCUT2D eigenvalue weighted by Crippen LogP contribution is 2.27. The second-order valence-corrected chi connectivity index (χ2v) is 5.06. The first-order chi connectivity index (χ1) is 12.4. The van der Waals surface area contributed by atoms with E-state index in [9.17, 15) is 19.2 Å². The Morgan fingerprint density at radius 2 is 0.731 bits per heavy atom. The van der Waals surface area contributed by atoms with Gasteiger partial charge >= 0.3 is 37.9 Å². The zero-order valence-electron chi connectivity index (χ0n) is 14.4. The lowest BCUT2D eigenvalue weighted by Crippen LogP contribution is -2.69. The van der Waals surface area contributed by atoms with Crippen molar-refractivity contribution in [3.63, 3.8) is 0 Å². The van der Waals surface area contributed by atoms with Crippen LogP contribution >= 0.6 is 0 Å². The third kappa shape index (κ3) is 3.82. The van der Waals surface area contributed by atoms with Crippen LogP contribution < -0.4 is 0 Å². The summed E-state index contributed by atoms with van der Waals surface area (Å²) in [5, 5.41) is 0. The van der Waals surface area contributed by atoms with Gasteiger partial charge in [-0.1, -0.05) is 0 Å². The van der Waals surface area contributed by atoms with E-state index in [-0.39, 0.29) is 0 Å². The third-order valence-corrected chi connectivity index (χ3v) is 3.63. The minimum atomic E-state index is -1.54. The van der Waals surface area contributed by atoms with Crippen molar-refractivity contribution in [1.29, 1.82) is 0 Å². The molecule has 0 amide bonds. The highest BCUT2D eigenvalue weighted by Gasteiger charge is 2.61. The van der Waals surface area contributed by atoms with Crippen LogP contribution in [-0.4, -0.2) is 90.8 Å². The van der Waals surface area contributed by atoms with Crippen LogP contribution in [0.5, 0.6) is 0 Å². The number of ether oxygens (including phenoxy) is 4. The molecule has 0 aromatic rings. The van der Waals surface area contributed by atoms with Crippen LogP contribution in [0.15, 0.2) is 0 Å². The van der Waals surface area contributed by atoms with Crippen LogP contribution in [-0.2, 0) is 56.7 Å². The molecule has 0 aliphatic carbocycles. The van der Waals surface area contributed by atoms with Gasteiger partial charge in [-0.25, -0.2) is 19.2 Å². The number of hydrogen-bond acceptors (Lipinski definition) is 12. The van der Waals surface area contributed by atoms with Gasteiger partial charge in [-0.05, 0) is 0 Å². The molecule has 26 heavy (non-hydrogen) atoms. The van der Waals surface area contributed by atoms with Gasteiger partial charge in [0.15, 0.2) is 24.4 Å². The number of esters is 4. The molecule has 2 saturated heterocycles. The van der Waals surface area contributed by atoms with Gasteiger partial charge in [0.2, 0.25) is 0 Å². The summed E-state index contributed by atoms with van der Waals surface area (Å²) >= 11 is 0. The summed E-state index contributed by atoms with van der Waals surface area (Å²) in [6, 6.07) is 0. The Hall–Kier alpha value is -2.15. The maximum atomic E-state index is 11.9. The fraction of sp³-hybridized carbons (Fsp3) is 0.667. The smallest absolute Gasteiger partial charge is 0.467 e. The molecule has 2 fully saturated rings. The number of carbonyl (C=O) groups is 4. The van der Waals surface area contributed by atoms with Gasteiger partial charge in [-0.3, -0.25) is 0 Å². The molecule has 4 atom stereocenters. The summed E-state index contributed by atoms with van der Waals surface area (Å²) < 4.78 is 39.6. The average molecular weight is 374 g/mol. The lowest BCUT2D eigenvalue weighted by molar-refractivity contribution is -0.180. The first-order valence-electron chi connectivity index (χ1n) is 7.31. The fourth-order valence-electron chi connectivity index (χ4n) is 2.37. The predicted molar refractivity (Wildman–Crippen MR) is 79.1 cm³/mol. The second-order valence-electron chi connectivity index (χ2n) is 5.06. The van der Waals surface area contributed by atoms with Crippen molar-refractivity contribution < 1.29 is 56.7 Å². The first kappa shape index (κ1) is 20.2. The lowest BCUT2D eigenvalue weighted by Gasteiger charge is -2.41. The molecule has 0 spiro atoms. The SMILES string of the molecule is COC(=O)[C@@H]1OB2O[C@@H](C(=O)OC)[C@H](C(=O)OC)OB2O[C@H]1C(=O)OC. The zero-order valence-corrected chi connectivity index (χ0v) is 14.4. The minimum Gasteiger partial charge on any atom is -0.467 e. The van der Waals surface area contributed by atoms with Gasteiger partial charge in [-0.2, -0.15) is 0 Å². The van der Waals surface area contributed by atoms with Crippen molar-refractivity contribution in [3.05, 3.63) is 0 Å². The molecular weight excluding hydrogens is 358 g/mol. The quantitative estimate of drug-likeness (QED) is 0.287. The van der Waals surface area contributed by atoms with Crippen molar-refractivity contribution >= 4 is 37.9 Å². The van der Waals surface area contributed by atoms with Crippen molar-refractivity contribution in [2.75, 3.05) is 28.4 Å². The molecule has 142 valence electrons. The summed E-state index contributed by atoms with van der Waals surface area (Å²) in [6.45, 7) is 0. The maximum Gasteiger partial charge on any atom is 0.489 e. The second kappa shape index (κ2) is 8.49. The van der Waals surface area contributed by atoms with Crippen LogP contribution in [0.25, 0.3) is 0 Å². The van der Waals surface area contributed by atoms with Gasteiger partial charge in [-0.15, -0.1) is 0 Å². The molecular formula is C12H16B2O12. The van der Waals surface area contributed by atoms with E-state index in [1.54, 1.807) is 0 Å². The molecule has 0 bridgehead atoms. The van der Waals surface area contributed by atoms with Gasteiger partial charge in [0.25, 0.3) is 0 Å². The molecule has 0 radical (unpaired) electrons. The number of fused-ring (bicyclic) bond motifs is 1. The minimum absolute atomic E-state index is 0.938. The molecule has 12 nitrogen and oxygen atoms in total. The molecule has 2 aliphatic heterocycles. The van der Waals surface area contributed by atoms with Crippen LogP contribution in [0.4, 0.5) is 0 Å². The number of methoxy groups -OCH3 is 4. The Morgan fingerprint density at radius 3 is 0.885 bits per heavy atom. The van der Waals surface area contributed by atoms with Crippen molar-refractivity contribution in [2.24, 2.45) is 0 Å².